The topological polar surface area (TPSA) is 26.3 Å². The highest BCUT2D eigenvalue weighted by Gasteiger charge is 2.41. The van der Waals surface area contributed by atoms with Gasteiger partial charge in [-0.15, -0.1) is 0 Å². The molecule has 0 fully saturated rings. The van der Waals surface area contributed by atoms with E-state index in [-0.39, 0.29) is 18.7 Å². The molecule has 0 amide bonds. The summed E-state index contributed by atoms with van der Waals surface area (Å²) in [5.74, 6) is -1.52. The first kappa shape index (κ1) is 16.6. The monoisotopic (exact) mass is 320 g/mol. The van der Waals surface area contributed by atoms with Crippen LogP contribution in [0, 0.1) is 0 Å². The fourth-order valence-corrected chi connectivity index (χ4v) is 1.75. The molecular weight excluding hydrogens is 314 g/mol. The Kier molecular flexibility index (Phi) is 4.58. The van der Waals surface area contributed by atoms with E-state index in [1.54, 1.807) is 0 Å². The van der Waals surface area contributed by atoms with Crippen LogP contribution in [0.15, 0.2) is 12.1 Å². The van der Waals surface area contributed by atoms with E-state index < -0.39 is 40.0 Å². The Morgan fingerprint density at radius 1 is 1.15 bits per heavy atom. The van der Waals surface area contributed by atoms with Crippen LogP contribution < -0.4 is 0 Å². The zero-order valence-electron chi connectivity index (χ0n) is 9.82. The van der Waals surface area contributed by atoms with Crippen molar-refractivity contribution in [3.8, 4) is 0 Å². The molecule has 0 heterocycles. The molecule has 112 valence electrons. The first-order valence-electron chi connectivity index (χ1n) is 5.13. The van der Waals surface area contributed by atoms with Crippen LogP contribution in [0.2, 0.25) is 5.02 Å². The molecule has 9 heteroatoms. The molecule has 1 aromatic rings. The lowest BCUT2D eigenvalue weighted by atomic mass is 10.0. The van der Waals surface area contributed by atoms with Gasteiger partial charge >= 0.3 is 18.3 Å². The molecule has 0 radical (unpaired) electrons. The van der Waals surface area contributed by atoms with Gasteiger partial charge < -0.3 is 4.74 Å². The van der Waals surface area contributed by atoms with Gasteiger partial charge in [-0.05, 0) is 19.1 Å². The van der Waals surface area contributed by atoms with Crippen LogP contribution in [-0.2, 0) is 17.1 Å². The molecule has 0 atom stereocenters. The number of carbonyl (C=O) groups is 1. The van der Waals surface area contributed by atoms with Crippen LogP contribution in [-0.4, -0.2) is 12.6 Å². The molecule has 0 aliphatic rings. The van der Waals surface area contributed by atoms with Crippen molar-refractivity contribution < 1.29 is 35.9 Å². The zero-order valence-corrected chi connectivity index (χ0v) is 10.6. The maximum atomic E-state index is 12.8. The van der Waals surface area contributed by atoms with Crippen molar-refractivity contribution in [3.05, 3.63) is 33.8 Å². The summed E-state index contributed by atoms with van der Waals surface area (Å²) in [6.45, 7) is 1.02. The van der Waals surface area contributed by atoms with Gasteiger partial charge in [0.2, 0.25) is 0 Å². The second kappa shape index (κ2) is 5.51. The number of alkyl halides is 6. The van der Waals surface area contributed by atoms with E-state index in [2.05, 4.69) is 4.74 Å². The standard InChI is InChI=1S/C11H7ClF6O2/c1-2-20-9(19)6-3-5(10(13,14)15)4-7(12)8(6)11(16,17)18/h3-4H,2H2,1H3. The molecule has 0 aromatic heterocycles. The molecule has 0 bridgehead atoms. The summed E-state index contributed by atoms with van der Waals surface area (Å²) in [5, 5.41) is -1.21. The summed E-state index contributed by atoms with van der Waals surface area (Å²) in [4.78, 5) is 11.4. The Labute approximate surface area is 114 Å². The molecule has 0 spiro atoms. The minimum Gasteiger partial charge on any atom is -0.462 e. The molecule has 2 nitrogen and oxygen atoms in total. The maximum Gasteiger partial charge on any atom is 0.418 e. The minimum atomic E-state index is -5.08. The highest BCUT2D eigenvalue weighted by molar-refractivity contribution is 6.32. The quantitative estimate of drug-likeness (QED) is 0.590. The highest BCUT2D eigenvalue weighted by Crippen LogP contribution is 2.41. The van der Waals surface area contributed by atoms with Gasteiger partial charge in [0, 0.05) is 0 Å². The Hall–Kier alpha value is -1.44. The Morgan fingerprint density at radius 2 is 1.70 bits per heavy atom. The van der Waals surface area contributed by atoms with E-state index in [4.69, 9.17) is 11.6 Å². The van der Waals surface area contributed by atoms with Crippen molar-refractivity contribution >= 4 is 17.6 Å². The average molecular weight is 321 g/mol. The van der Waals surface area contributed by atoms with Crippen LogP contribution in [0.25, 0.3) is 0 Å². The van der Waals surface area contributed by atoms with E-state index in [1.807, 2.05) is 0 Å². The van der Waals surface area contributed by atoms with Gasteiger partial charge in [0.25, 0.3) is 0 Å². The Bertz CT molecular complexity index is 521. The summed E-state index contributed by atoms with van der Waals surface area (Å²) in [7, 11) is 0. The maximum absolute atomic E-state index is 12.8. The lowest BCUT2D eigenvalue weighted by Gasteiger charge is -2.16. The molecule has 0 saturated heterocycles. The summed E-state index contributed by atoms with van der Waals surface area (Å²) < 4.78 is 80.2. The lowest BCUT2D eigenvalue weighted by molar-refractivity contribution is -0.141. The number of benzene rings is 1. The van der Waals surface area contributed by atoms with Crippen molar-refractivity contribution in [2.45, 2.75) is 19.3 Å². The van der Waals surface area contributed by atoms with E-state index >= 15 is 0 Å². The molecule has 0 aliphatic carbocycles. The number of halogens is 7. The summed E-state index contributed by atoms with van der Waals surface area (Å²) in [6.07, 6.45) is -10.0. The predicted octanol–water partition coefficient (Wildman–Crippen LogP) is 4.55. The normalized spacial score (nSPS) is 12.4. The smallest absolute Gasteiger partial charge is 0.418 e. The zero-order chi connectivity index (χ0) is 15.7. The van der Waals surface area contributed by atoms with Crippen LogP contribution in [0.1, 0.15) is 28.4 Å². The van der Waals surface area contributed by atoms with Crippen molar-refractivity contribution in [1.82, 2.24) is 0 Å². The van der Waals surface area contributed by atoms with Crippen molar-refractivity contribution in [2.75, 3.05) is 6.61 Å². The predicted molar refractivity (Wildman–Crippen MR) is 57.4 cm³/mol. The van der Waals surface area contributed by atoms with E-state index in [9.17, 15) is 31.1 Å². The third-order valence-corrected chi connectivity index (χ3v) is 2.49. The number of rotatable bonds is 2. The first-order valence-corrected chi connectivity index (χ1v) is 5.51. The van der Waals surface area contributed by atoms with E-state index in [0.717, 1.165) is 0 Å². The Morgan fingerprint density at radius 3 is 2.10 bits per heavy atom. The van der Waals surface area contributed by atoms with Gasteiger partial charge in [-0.1, -0.05) is 11.6 Å². The molecule has 1 rings (SSSR count). The third kappa shape index (κ3) is 3.56. The fourth-order valence-electron chi connectivity index (χ4n) is 1.43. The van der Waals surface area contributed by atoms with Gasteiger partial charge in [0.1, 0.15) is 0 Å². The van der Waals surface area contributed by atoms with Crippen LogP contribution in [0.3, 0.4) is 0 Å². The van der Waals surface area contributed by atoms with Gasteiger partial charge in [-0.2, -0.15) is 26.3 Å². The van der Waals surface area contributed by atoms with Crippen LogP contribution in [0.4, 0.5) is 26.3 Å². The largest absolute Gasteiger partial charge is 0.462 e. The Balaban J connectivity index is 3.57. The van der Waals surface area contributed by atoms with E-state index in [1.165, 1.54) is 6.92 Å². The fraction of sp³-hybridized carbons (Fsp3) is 0.364. The summed E-state index contributed by atoms with van der Waals surface area (Å²) in [5.41, 5.74) is -4.37. The molecule has 0 N–H and O–H groups in total. The molecule has 20 heavy (non-hydrogen) atoms. The molecule has 0 unspecified atom stereocenters. The van der Waals surface area contributed by atoms with E-state index in [0.29, 0.717) is 0 Å². The van der Waals surface area contributed by atoms with Gasteiger partial charge in [-0.25, -0.2) is 4.79 Å². The highest BCUT2D eigenvalue weighted by atomic mass is 35.5. The van der Waals surface area contributed by atoms with Crippen LogP contribution >= 0.6 is 11.6 Å². The van der Waals surface area contributed by atoms with Crippen molar-refractivity contribution in [3.63, 3.8) is 0 Å². The lowest BCUT2D eigenvalue weighted by Crippen LogP contribution is -2.18. The molecule has 0 aliphatic heterocycles. The number of ether oxygens (including phenoxy) is 1. The minimum absolute atomic E-state index is 0.0761. The summed E-state index contributed by atoms with van der Waals surface area (Å²) in [6, 6.07) is 0.194. The number of hydrogen-bond donors (Lipinski definition) is 0. The molecular formula is C11H7ClF6O2. The van der Waals surface area contributed by atoms with Gasteiger partial charge in [-0.3, -0.25) is 0 Å². The van der Waals surface area contributed by atoms with Gasteiger partial charge in [0.15, 0.2) is 0 Å². The summed E-state index contributed by atoms with van der Waals surface area (Å²) >= 11 is 5.24. The first-order chi connectivity index (χ1) is 8.98. The second-order valence-corrected chi connectivity index (χ2v) is 4.00. The average Bonchev–Trinajstić information content (AvgIpc) is 2.25. The molecule has 0 saturated carbocycles. The number of esters is 1. The second-order valence-electron chi connectivity index (χ2n) is 3.60. The van der Waals surface area contributed by atoms with Crippen LogP contribution in [0.5, 0.6) is 0 Å². The van der Waals surface area contributed by atoms with Gasteiger partial charge in [0.05, 0.1) is 28.3 Å². The third-order valence-electron chi connectivity index (χ3n) is 2.20. The SMILES string of the molecule is CCOC(=O)c1cc(C(F)(F)F)cc(Cl)c1C(F)(F)F. The number of hydrogen-bond acceptors (Lipinski definition) is 2. The molecule has 1 aromatic carbocycles. The van der Waals surface area contributed by atoms with Crippen molar-refractivity contribution in [2.24, 2.45) is 0 Å². The van der Waals surface area contributed by atoms with Crippen molar-refractivity contribution in [1.29, 1.82) is 0 Å². The number of carbonyl (C=O) groups excluding carboxylic acids is 1.